The molecule has 2 heterocycles. The molecular formula is C21H24N2O5S2. The number of carbonyl (C=O) groups excluding carboxylic acids is 1. The van der Waals surface area contributed by atoms with Crippen molar-refractivity contribution in [3.05, 3.63) is 58.3 Å². The molecule has 1 amide bonds. The highest BCUT2D eigenvalue weighted by molar-refractivity contribution is 7.99. The largest absolute Gasteiger partial charge is 0.480 e. The fraction of sp³-hybridized carbons (Fsp3) is 0.381. The third-order valence-corrected chi connectivity index (χ3v) is 7.02. The average Bonchev–Trinajstić information content (AvgIpc) is 3.21. The number of benzene rings is 1. The molecule has 7 nitrogen and oxygen atoms in total. The van der Waals surface area contributed by atoms with Gasteiger partial charge in [-0.15, -0.1) is 11.8 Å². The van der Waals surface area contributed by atoms with Crippen LogP contribution < -0.4 is 5.32 Å². The van der Waals surface area contributed by atoms with Crippen LogP contribution in [0.5, 0.6) is 0 Å². The second kappa shape index (κ2) is 10.6. The number of carboxylic acids is 2. The predicted octanol–water partition coefficient (Wildman–Crippen LogP) is 2.49. The first-order chi connectivity index (χ1) is 14.4. The molecule has 1 aromatic heterocycles. The van der Waals surface area contributed by atoms with Crippen LogP contribution in [0.4, 0.5) is 0 Å². The number of hydrogen-bond acceptors (Lipinski definition) is 6. The van der Waals surface area contributed by atoms with E-state index < -0.39 is 30.6 Å². The third kappa shape index (κ3) is 6.07. The molecule has 0 radical (unpaired) electrons. The van der Waals surface area contributed by atoms with E-state index in [1.54, 1.807) is 23.1 Å². The summed E-state index contributed by atoms with van der Waals surface area (Å²) in [5.74, 6) is -2.09. The number of carbonyl (C=O) groups is 3. The molecule has 3 atom stereocenters. The Labute approximate surface area is 183 Å². The molecule has 2 unspecified atom stereocenters. The Morgan fingerprint density at radius 2 is 1.97 bits per heavy atom. The number of nitrogens with zero attached hydrogens (tertiary/aromatic N) is 1. The fourth-order valence-electron chi connectivity index (χ4n) is 3.41. The number of rotatable bonds is 9. The van der Waals surface area contributed by atoms with Gasteiger partial charge in [0.15, 0.2) is 0 Å². The molecule has 9 heteroatoms. The van der Waals surface area contributed by atoms with E-state index in [1.807, 2.05) is 47.2 Å². The molecule has 0 spiro atoms. The number of aryl methyl sites for hydroxylation is 1. The van der Waals surface area contributed by atoms with Crippen molar-refractivity contribution in [2.45, 2.75) is 30.2 Å². The highest BCUT2D eigenvalue weighted by Gasteiger charge is 2.35. The van der Waals surface area contributed by atoms with Gasteiger partial charge in [0.1, 0.15) is 12.6 Å². The Morgan fingerprint density at radius 1 is 1.20 bits per heavy atom. The molecule has 1 fully saturated rings. The van der Waals surface area contributed by atoms with E-state index in [-0.39, 0.29) is 17.7 Å². The molecule has 2 aromatic rings. The van der Waals surface area contributed by atoms with Crippen LogP contribution in [-0.2, 0) is 20.8 Å². The molecule has 3 N–H and O–H groups in total. The minimum absolute atomic E-state index is 0.0426. The van der Waals surface area contributed by atoms with Gasteiger partial charge in [0.2, 0.25) is 5.91 Å². The predicted molar refractivity (Wildman–Crippen MR) is 117 cm³/mol. The first kappa shape index (κ1) is 22.3. The Hall–Kier alpha value is -2.36. The van der Waals surface area contributed by atoms with Gasteiger partial charge in [-0.3, -0.25) is 19.7 Å². The van der Waals surface area contributed by atoms with Crippen LogP contribution in [0.15, 0.2) is 47.2 Å². The summed E-state index contributed by atoms with van der Waals surface area (Å²) < 4.78 is 0. The number of thioether (sulfide) groups is 1. The van der Waals surface area contributed by atoms with Gasteiger partial charge < -0.3 is 15.1 Å². The van der Waals surface area contributed by atoms with Crippen molar-refractivity contribution in [3.63, 3.8) is 0 Å². The minimum Gasteiger partial charge on any atom is -0.480 e. The van der Waals surface area contributed by atoms with Crippen molar-refractivity contribution in [2.24, 2.45) is 0 Å². The highest BCUT2D eigenvalue weighted by atomic mass is 32.2. The van der Waals surface area contributed by atoms with Gasteiger partial charge >= 0.3 is 11.9 Å². The maximum atomic E-state index is 13.0. The normalized spacial score (nSPS) is 20.5. The molecule has 1 aliphatic heterocycles. The zero-order valence-electron chi connectivity index (χ0n) is 16.3. The molecular weight excluding hydrogens is 424 g/mol. The summed E-state index contributed by atoms with van der Waals surface area (Å²) in [7, 11) is 0. The van der Waals surface area contributed by atoms with Gasteiger partial charge in [-0.2, -0.15) is 11.3 Å². The zero-order valence-corrected chi connectivity index (χ0v) is 17.9. The SMILES string of the molecule is O=C(O)CN1CC(c2ccsc2)SCC(N[C@H](CCc2ccccc2)C(=O)O)C1=O. The monoisotopic (exact) mass is 448 g/mol. The van der Waals surface area contributed by atoms with Crippen LogP contribution in [0.1, 0.15) is 22.8 Å². The van der Waals surface area contributed by atoms with Crippen LogP contribution in [0.3, 0.4) is 0 Å². The van der Waals surface area contributed by atoms with Crippen molar-refractivity contribution in [3.8, 4) is 0 Å². The zero-order chi connectivity index (χ0) is 21.5. The van der Waals surface area contributed by atoms with Crippen molar-refractivity contribution >= 4 is 40.9 Å². The highest BCUT2D eigenvalue weighted by Crippen LogP contribution is 2.34. The van der Waals surface area contributed by atoms with Crippen LogP contribution in [0, 0.1) is 0 Å². The first-order valence-electron chi connectivity index (χ1n) is 9.61. The summed E-state index contributed by atoms with van der Waals surface area (Å²) in [6.45, 7) is -0.119. The van der Waals surface area contributed by atoms with E-state index in [9.17, 15) is 24.6 Å². The summed E-state index contributed by atoms with van der Waals surface area (Å²) in [6, 6.07) is 9.89. The smallest absolute Gasteiger partial charge is 0.323 e. The number of nitrogens with one attached hydrogen (secondary N) is 1. The summed E-state index contributed by atoms with van der Waals surface area (Å²) in [4.78, 5) is 37.5. The van der Waals surface area contributed by atoms with Crippen molar-refractivity contribution in [2.75, 3.05) is 18.8 Å². The van der Waals surface area contributed by atoms with E-state index in [0.717, 1.165) is 11.1 Å². The van der Waals surface area contributed by atoms with E-state index in [2.05, 4.69) is 5.32 Å². The van der Waals surface area contributed by atoms with Gasteiger partial charge in [-0.1, -0.05) is 30.3 Å². The number of amides is 1. The molecule has 0 bridgehead atoms. The van der Waals surface area contributed by atoms with Crippen LogP contribution >= 0.6 is 23.1 Å². The lowest BCUT2D eigenvalue weighted by molar-refractivity contribution is -0.146. The molecule has 1 aromatic carbocycles. The Morgan fingerprint density at radius 3 is 2.60 bits per heavy atom. The summed E-state index contributed by atoms with van der Waals surface area (Å²) in [5.41, 5.74) is 2.07. The van der Waals surface area contributed by atoms with Gasteiger partial charge in [-0.05, 0) is 40.8 Å². The van der Waals surface area contributed by atoms with E-state index in [1.165, 1.54) is 4.90 Å². The number of hydrogen-bond donors (Lipinski definition) is 3. The molecule has 0 aliphatic carbocycles. The van der Waals surface area contributed by atoms with Crippen LogP contribution in [0.2, 0.25) is 0 Å². The lowest BCUT2D eigenvalue weighted by Crippen LogP contribution is -2.53. The van der Waals surface area contributed by atoms with Crippen LogP contribution in [0.25, 0.3) is 0 Å². The number of thiophene rings is 1. The third-order valence-electron chi connectivity index (χ3n) is 4.97. The molecule has 30 heavy (non-hydrogen) atoms. The van der Waals surface area contributed by atoms with Gasteiger partial charge in [0.05, 0.1) is 6.04 Å². The number of aliphatic carboxylic acids is 2. The second-order valence-corrected chi connectivity index (χ2v) is 9.14. The second-order valence-electron chi connectivity index (χ2n) is 7.13. The van der Waals surface area contributed by atoms with E-state index >= 15 is 0 Å². The number of carboxylic acid groups (broad SMARTS) is 2. The fourth-order valence-corrected chi connectivity index (χ4v) is 5.50. The molecule has 1 saturated heterocycles. The Kier molecular flexibility index (Phi) is 7.89. The van der Waals surface area contributed by atoms with Gasteiger partial charge in [0.25, 0.3) is 0 Å². The maximum Gasteiger partial charge on any atom is 0.323 e. The Balaban J connectivity index is 1.72. The molecule has 3 rings (SSSR count). The van der Waals surface area contributed by atoms with Gasteiger partial charge in [-0.25, -0.2) is 0 Å². The molecule has 160 valence electrons. The lowest BCUT2D eigenvalue weighted by Gasteiger charge is -2.26. The van der Waals surface area contributed by atoms with Crippen molar-refractivity contribution < 1.29 is 24.6 Å². The van der Waals surface area contributed by atoms with E-state index in [4.69, 9.17) is 0 Å². The minimum atomic E-state index is -1.09. The summed E-state index contributed by atoms with van der Waals surface area (Å²) in [6.07, 6.45) is 0.899. The summed E-state index contributed by atoms with van der Waals surface area (Å²) in [5, 5.41) is 25.8. The topological polar surface area (TPSA) is 107 Å². The van der Waals surface area contributed by atoms with Crippen LogP contribution in [-0.4, -0.2) is 63.9 Å². The molecule has 1 aliphatic rings. The van der Waals surface area contributed by atoms with Crippen molar-refractivity contribution in [1.82, 2.24) is 10.2 Å². The summed E-state index contributed by atoms with van der Waals surface area (Å²) >= 11 is 3.10. The first-order valence-corrected chi connectivity index (χ1v) is 11.6. The van der Waals surface area contributed by atoms with E-state index in [0.29, 0.717) is 18.6 Å². The standard InChI is InChI=1S/C21H24N2O5S2/c24-19(25)11-23-10-18(15-8-9-29-12-15)30-13-17(20(23)26)22-16(21(27)28)7-6-14-4-2-1-3-5-14/h1-5,8-9,12,16-18,22H,6-7,10-11,13H2,(H,24,25)(H,27,28)/t16-,17?,18?/m1/s1. The maximum absolute atomic E-state index is 13.0. The lowest BCUT2D eigenvalue weighted by atomic mass is 10.0. The molecule has 0 saturated carbocycles. The quantitative estimate of drug-likeness (QED) is 0.541. The van der Waals surface area contributed by atoms with Crippen molar-refractivity contribution in [1.29, 1.82) is 0 Å². The Bertz CT molecular complexity index is 860. The average molecular weight is 449 g/mol. The van der Waals surface area contributed by atoms with Gasteiger partial charge in [0, 0.05) is 17.5 Å².